The van der Waals surface area contributed by atoms with Crippen LogP contribution in [0.1, 0.15) is 32.2 Å². The molecule has 2 aromatic rings. The molecule has 0 aliphatic rings. The lowest BCUT2D eigenvalue weighted by atomic mass is 10.2. The summed E-state index contributed by atoms with van der Waals surface area (Å²) in [7, 11) is 0. The van der Waals surface area contributed by atoms with E-state index in [9.17, 15) is 0 Å². The summed E-state index contributed by atoms with van der Waals surface area (Å²) in [6.07, 6.45) is 3.57. The molecule has 0 aliphatic carbocycles. The van der Waals surface area contributed by atoms with Gasteiger partial charge >= 0.3 is 6.01 Å². The molecule has 0 saturated heterocycles. The van der Waals surface area contributed by atoms with Crippen molar-refractivity contribution in [3.05, 3.63) is 36.0 Å². The molecule has 0 aromatic carbocycles. The highest BCUT2D eigenvalue weighted by Crippen LogP contribution is 2.15. The Bertz CT molecular complexity index is 511. The van der Waals surface area contributed by atoms with Crippen molar-refractivity contribution in [2.75, 3.05) is 11.4 Å². The summed E-state index contributed by atoms with van der Waals surface area (Å²) >= 11 is 0. The van der Waals surface area contributed by atoms with E-state index in [4.69, 9.17) is 4.42 Å². The standard InChI is InChI=1S/C14H21N5O/c1-4-19(10-12-5-7-15-8-6-12)14-18-17-13(20-14)9-16-11(2)3/h5-8,11,16H,4,9-10H2,1-3H3. The first-order chi connectivity index (χ1) is 9.69. The molecule has 0 fully saturated rings. The fourth-order valence-corrected chi connectivity index (χ4v) is 1.76. The largest absolute Gasteiger partial charge is 0.407 e. The van der Waals surface area contributed by atoms with Gasteiger partial charge in [0.15, 0.2) is 0 Å². The first-order valence-electron chi connectivity index (χ1n) is 6.88. The molecule has 108 valence electrons. The molecule has 1 N–H and O–H groups in total. The van der Waals surface area contributed by atoms with E-state index in [1.165, 1.54) is 5.56 Å². The zero-order chi connectivity index (χ0) is 14.4. The van der Waals surface area contributed by atoms with Crippen LogP contribution in [-0.4, -0.2) is 27.8 Å². The van der Waals surface area contributed by atoms with Crippen LogP contribution in [0.3, 0.4) is 0 Å². The van der Waals surface area contributed by atoms with Gasteiger partial charge in [0.1, 0.15) is 0 Å². The minimum absolute atomic E-state index is 0.393. The summed E-state index contributed by atoms with van der Waals surface area (Å²) in [4.78, 5) is 6.06. The quantitative estimate of drug-likeness (QED) is 0.833. The predicted molar refractivity (Wildman–Crippen MR) is 77.2 cm³/mol. The van der Waals surface area contributed by atoms with Gasteiger partial charge in [-0.2, -0.15) is 0 Å². The number of nitrogens with zero attached hydrogens (tertiary/aromatic N) is 4. The lowest BCUT2D eigenvalue weighted by Crippen LogP contribution is -2.22. The number of aromatic nitrogens is 3. The van der Waals surface area contributed by atoms with Gasteiger partial charge in [0.25, 0.3) is 0 Å². The van der Waals surface area contributed by atoms with E-state index in [2.05, 4.69) is 41.3 Å². The summed E-state index contributed by atoms with van der Waals surface area (Å²) in [5.41, 5.74) is 1.17. The molecule has 2 rings (SSSR count). The second kappa shape index (κ2) is 7.00. The van der Waals surface area contributed by atoms with E-state index in [1.54, 1.807) is 12.4 Å². The molecule has 6 heteroatoms. The van der Waals surface area contributed by atoms with Gasteiger partial charge in [-0.25, -0.2) is 0 Å². The Morgan fingerprint density at radius 3 is 2.65 bits per heavy atom. The van der Waals surface area contributed by atoms with Gasteiger partial charge in [-0.1, -0.05) is 18.9 Å². The second-order valence-corrected chi connectivity index (χ2v) is 4.88. The predicted octanol–water partition coefficient (Wildman–Crippen LogP) is 1.99. The van der Waals surface area contributed by atoms with E-state index in [1.807, 2.05) is 17.0 Å². The zero-order valence-electron chi connectivity index (χ0n) is 12.2. The van der Waals surface area contributed by atoms with Crippen LogP contribution in [-0.2, 0) is 13.1 Å². The summed E-state index contributed by atoms with van der Waals surface area (Å²) in [5.74, 6) is 0.613. The molecular weight excluding hydrogens is 254 g/mol. The fourth-order valence-electron chi connectivity index (χ4n) is 1.76. The van der Waals surface area contributed by atoms with Crippen LogP contribution in [0.2, 0.25) is 0 Å². The highest BCUT2D eigenvalue weighted by atomic mass is 16.4. The van der Waals surface area contributed by atoms with Crippen molar-refractivity contribution >= 4 is 6.01 Å². The Labute approximate surface area is 119 Å². The van der Waals surface area contributed by atoms with Crippen molar-refractivity contribution in [2.45, 2.75) is 39.9 Å². The van der Waals surface area contributed by atoms with E-state index in [0.717, 1.165) is 13.1 Å². The number of hydrogen-bond donors (Lipinski definition) is 1. The molecule has 0 radical (unpaired) electrons. The normalized spacial score (nSPS) is 11.0. The number of pyridine rings is 1. The molecule has 0 amide bonds. The Hall–Kier alpha value is -1.95. The van der Waals surface area contributed by atoms with Gasteiger partial charge < -0.3 is 14.6 Å². The van der Waals surface area contributed by atoms with Gasteiger partial charge in [-0.05, 0) is 24.6 Å². The Balaban J connectivity index is 2.01. The molecule has 0 aliphatic heterocycles. The van der Waals surface area contributed by atoms with Gasteiger partial charge in [0.05, 0.1) is 6.54 Å². The van der Waals surface area contributed by atoms with Crippen molar-refractivity contribution in [3.63, 3.8) is 0 Å². The van der Waals surface area contributed by atoms with E-state index in [-0.39, 0.29) is 0 Å². The van der Waals surface area contributed by atoms with Crippen molar-refractivity contribution in [1.82, 2.24) is 20.5 Å². The van der Waals surface area contributed by atoms with Crippen LogP contribution in [0.5, 0.6) is 0 Å². The van der Waals surface area contributed by atoms with Crippen molar-refractivity contribution < 1.29 is 4.42 Å². The molecule has 0 spiro atoms. The van der Waals surface area contributed by atoms with Crippen molar-refractivity contribution in [3.8, 4) is 0 Å². The highest BCUT2D eigenvalue weighted by molar-refractivity contribution is 5.27. The summed E-state index contributed by atoms with van der Waals surface area (Å²) in [6.45, 7) is 8.37. The average molecular weight is 275 g/mol. The van der Waals surface area contributed by atoms with Crippen molar-refractivity contribution in [1.29, 1.82) is 0 Å². The Morgan fingerprint density at radius 1 is 1.25 bits per heavy atom. The third-order valence-corrected chi connectivity index (χ3v) is 2.89. The number of nitrogens with one attached hydrogen (secondary N) is 1. The van der Waals surface area contributed by atoms with Crippen LogP contribution < -0.4 is 10.2 Å². The van der Waals surface area contributed by atoms with Gasteiger partial charge in [-0.3, -0.25) is 4.98 Å². The Morgan fingerprint density at radius 2 is 2.00 bits per heavy atom. The first kappa shape index (κ1) is 14.5. The maximum Gasteiger partial charge on any atom is 0.318 e. The molecule has 6 nitrogen and oxygen atoms in total. The fraction of sp³-hybridized carbons (Fsp3) is 0.500. The SMILES string of the molecule is CCN(Cc1ccncc1)c1nnc(CNC(C)C)o1. The third-order valence-electron chi connectivity index (χ3n) is 2.89. The van der Waals surface area contributed by atoms with Gasteiger partial charge in [-0.15, -0.1) is 5.10 Å². The molecule has 0 bridgehead atoms. The van der Waals surface area contributed by atoms with Gasteiger partial charge in [0, 0.05) is 31.5 Å². The van der Waals surface area contributed by atoms with Crippen LogP contribution in [0.4, 0.5) is 6.01 Å². The summed E-state index contributed by atoms with van der Waals surface area (Å²) in [6, 6.07) is 4.93. The molecule has 2 heterocycles. The maximum absolute atomic E-state index is 5.68. The summed E-state index contributed by atoms with van der Waals surface area (Å²) < 4.78 is 5.68. The zero-order valence-corrected chi connectivity index (χ0v) is 12.2. The topological polar surface area (TPSA) is 67.1 Å². The average Bonchev–Trinajstić information content (AvgIpc) is 2.92. The lowest BCUT2D eigenvalue weighted by molar-refractivity contribution is 0.446. The summed E-state index contributed by atoms with van der Waals surface area (Å²) in [5, 5.41) is 11.4. The molecule has 20 heavy (non-hydrogen) atoms. The van der Waals surface area contributed by atoms with E-state index < -0.39 is 0 Å². The first-order valence-corrected chi connectivity index (χ1v) is 6.88. The van der Waals surface area contributed by atoms with Crippen molar-refractivity contribution in [2.24, 2.45) is 0 Å². The third kappa shape index (κ3) is 4.03. The molecule has 0 atom stereocenters. The number of hydrogen-bond acceptors (Lipinski definition) is 6. The molecular formula is C14H21N5O. The van der Waals surface area contributed by atoms with Crippen LogP contribution in [0.15, 0.2) is 28.9 Å². The Kier molecular flexibility index (Phi) is 5.06. The monoisotopic (exact) mass is 275 g/mol. The minimum atomic E-state index is 0.393. The number of rotatable bonds is 7. The van der Waals surface area contributed by atoms with Gasteiger partial charge in [0.2, 0.25) is 5.89 Å². The highest BCUT2D eigenvalue weighted by Gasteiger charge is 2.13. The minimum Gasteiger partial charge on any atom is -0.407 e. The maximum atomic E-state index is 5.68. The molecule has 0 saturated carbocycles. The number of anilines is 1. The lowest BCUT2D eigenvalue weighted by Gasteiger charge is -2.17. The van der Waals surface area contributed by atoms with E-state index in [0.29, 0.717) is 24.5 Å². The van der Waals surface area contributed by atoms with Crippen LogP contribution >= 0.6 is 0 Å². The van der Waals surface area contributed by atoms with E-state index >= 15 is 0 Å². The van der Waals surface area contributed by atoms with Crippen LogP contribution in [0.25, 0.3) is 0 Å². The van der Waals surface area contributed by atoms with Crippen LogP contribution in [0, 0.1) is 0 Å². The molecule has 0 unspecified atom stereocenters. The molecule has 2 aromatic heterocycles. The second-order valence-electron chi connectivity index (χ2n) is 4.88. The smallest absolute Gasteiger partial charge is 0.318 e.